The lowest BCUT2D eigenvalue weighted by molar-refractivity contribution is 0.146. The second-order valence-electron chi connectivity index (χ2n) is 8.08. The molecule has 0 heterocycles. The Morgan fingerprint density at radius 1 is 0.765 bits per heavy atom. The summed E-state index contributed by atoms with van der Waals surface area (Å²) in [5, 5.41) is 0. The zero-order valence-corrected chi connectivity index (χ0v) is 10.6. The number of hydrogen-bond acceptors (Lipinski definition) is 0. The topological polar surface area (TPSA) is 0 Å². The van der Waals surface area contributed by atoms with Gasteiger partial charge in [0.15, 0.2) is 0 Å². The molecule has 8 unspecified atom stereocenters. The van der Waals surface area contributed by atoms with E-state index in [0.717, 1.165) is 35.5 Å². The van der Waals surface area contributed by atoms with Gasteiger partial charge in [0.25, 0.3) is 0 Å². The average Bonchev–Trinajstić information content (AvgIpc) is 3.14. The van der Waals surface area contributed by atoms with E-state index in [1.807, 2.05) is 0 Å². The van der Waals surface area contributed by atoms with Crippen molar-refractivity contribution in [2.75, 3.05) is 0 Å². The third-order valence-electron chi connectivity index (χ3n) is 7.95. The standard InChI is InChI=1S/C17H22/c1-2-9-5-8(1)14-12-7-13(15(9)14)17-11-4-3-10(6-11)16(12)17/h8-12,14-16H,1-7H2. The molecule has 90 valence electrons. The fourth-order valence-corrected chi connectivity index (χ4v) is 7.88. The van der Waals surface area contributed by atoms with E-state index in [-0.39, 0.29) is 0 Å². The maximum absolute atomic E-state index is 2.08. The molecule has 5 saturated carbocycles. The van der Waals surface area contributed by atoms with Gasteiger partial charge < -0.3 is 0 Å². The number of rotatable bonds is 0. The second-order valence-corrected chi connectivity index (χ2v) is 8.08. The highest BCUT2D eigenvalue weighted by atomic mass is 14.7. The Hall–Kier alpha value is -0.260. The van der Waals surface area contributed by atoms with Crippen LogP contribution in [0.3, 0.4) is 0 Å². The van der Waals surface area contributed by atoms with Gasteiger partial charge in [0.2, 0.25) is 0 Å². The molecule has 8 atom stereocenters. The van der Waals surface area contributed by atoms with Crippen molar-refractivity contribution in [3.05, 3.63) is 11.1 Å². The Kier molecular flexibility index (Phi) is 1.31. The normalized spacial score (nSPS) is 64.9. The van der Waals surface area contributed by atoms with E-state index in [2.05, 4.69) is 11.1 Å². The first kappa shape index (κ1) is 8.77. The third kappa shape index (κ3) is 0.780. The highest BCUT2D eigenvalue weighted by Gasteiger charge is 2.65. The van der Waals surface area contributed by atoms with Crippen LogP contribution in [0.5, 0.6) is 0 Å². The molecule has 0 N–H and O–H groups in total. The van der Waals surface area contributed by atoms with Crippen LogP contribution in [-0.4, -0.2) is 0 Å². The molecule has 0 aromatic rings. The Balaban J connectivity index is 1.56. The molecule has 6 aliphatic rings. The third-order valence-corrected chi connectivity index (χ3v) is 7.95. The van der Waals surface area contributed by atoms with Gasteiger partial charge in [-0.3, -0.25) is 0 Å². The Bertz CT molecular complexity index is 445. The molecule has 17 heavy (non-hydrogen) atoms. The van der Waals surface area contributed by atoms with Crippen molar-refractivity contribution in [2.45, 2.75) is 44.9 Å². The fourth-order valence-electron chi connectivity index (χ4n) is 7.88. The van der Waals surface area contributed by atoms with Crippen LogP contribution in [0.15, 0.2) is 11.1 Å². The van der Waals surface area contributed by atoms with Crippen LogP contribution >= 0.6 is 0 Å². The van der Waals surface area contributed by atoms with Crippen molar-refractivity contribution in [1.29, 1.82) is 0 Å². The van der Waals surface area contributed by atoms with E-state index in [1.54, 1.807) is 44.9 Å². The summed E-state index contributed by atoms with van der Waals surface area (Å²) in [4.78, 5) is 0. The Morgan fingerprint density at radius 2 is 1.59 bits per heavy atom. The Labute approximate surface area is 104 Å². The monoisotopic (exact) mass is 226 g/mol. The lowest BCUT2D eigenvalue weighted by Gasteiger charge is -2.40. The van der Waals surface area contributed by atoms with Gasteiger partial charge in [-0.2, -0.15) is 0 Å². The maximum Gasteiger partial charge on any atom is -0.0135 e. The van der Waals surface area contributed by atoms with E-state index in [4.69, 9.17) is 0 Å². The molecule has 5 fully saturated rings. The highest BCUT2D eigenvalue weighted by molar-refractivity contribution is 5.42. The smallest absolute Gasteiger partial charge is 0.0135 e. The summed E-state index contributed by atoms with van der Waals surface area (Å²) in [6.45, 7) is 0. The number of allylic oxidation sites excluding steroid dienone is 2. The molecular weight excluding hydrogens is 204 g/mol. The van der Waals surface area contributed by atoms with E-state index in [9.17, 15) is 0 Å². The van der Waals surface area contributed by atoms with Crippen LogP contribution in [-0.2, 0) is 0 Å². The minimum absolute atomic E-state index is 1.09. The molecule has 0 aromatic carbocycles. The lowest BCUT2D eigenvalue weighted by Crippen LogP contribution is -2.33. The summed E-state index contributed by atoms with van der Waals surface area (Å²) in [7, 11) is 0. The predicted molar refractivity (Wildman–Crippen MR) is 67.3 cm³/mol. The van der Waals surface area contributed by atoms with Crippen LogP contribution in [0, 0.1) is 47.3 Å². The highest BCUT2D eigenvalue weighted by Crippen LogP contribution is 2.73. The van der Waals surface area contributed by atoms with Crippen molar-refractivity contribution in [2.24, 2.45) is 47.3 Å². The van der Waals surface area contributed by atoms with E-state index in [1.165, 1.54) is 11.8 Å². The molecule has 0 spiro atoms. The fraction of sp³-hybridized carbons (Fsp3) is 0.882. The summed E-state index contributed by atoms with van der Waals surface area (Å²) in [5.74, 6) is 9.18. The summed E-state index contributed by atoms with van der Waals surface area (Å²) in [6, 6.07) is 0. The van der Waals surface area contributed by atoms with Crippen LogP contribution in [0.25, 0.3) is 0 Å². The van der Waals surface area contributed by atoms with Crippen molar-refractivity contribution in [1.82, 2.24) is 0 Å². The first-order valence-corrected chi connectivity index (χ1v) is 8.14. The van der Waals surface area contributed by atoms with Crippen LogP contribution in [0.4, 0.5) is 0 Å². The van der Waals surface area contributed by atoms with Crippen molar-refractivity contribution in [3.8, 4) is 0 Å². The van der Waals surface area contributed by atoms with Gasteiger partial charge in [-0.05, 0) is 92.3 Å². The average molecular weight is 226 g/mol. The molecule has 6 rings (SSSR count). The molecule has 0 radical (unpaired) electrons. The van der Waals surface area contributed by atoms with Gasteiger partial charge in [-0.1, -0.05) is 11.1 Å². The van der Waals surface area contributed by atoms with Crippen molar-refractivity contribution in [3.63, 3.8) is 0 Å². The largest absolute Gasteiger partial charge is 0.0664 e. The summed E-state index contributed by atoms with van der Waals surface area (Å²) >= 11 is 0. The van der Waals surface area contributed by atoms with Gasteiger partial charge in [0.1, 0.15) is 0 Å². The predicted octanol–water partition coefficient (Wildman–Crippen LogP) is 4.02. The van der Waals surface area contributed by atoms with Crippen molar-refractivity contribution >= 4 is 0 Å². The number of fused-ring (bicyclic) bond motifs is 15. The van der Waals surface area contributed by atoms with E-state index >= 15 is 0 Å². The summed E-state index contributed by atoms with van der Waals surface area (Å²) in [5.41, 5.74) is 4.16. The summed E-state index contributed by atoms with van der Waals surface area (Å²) in [6.07, 6.45) is 11.2. The van der Waals surface area contributed by atoms with Gasteiger partial charge in [-0.15, -0.1) is 0 Å². The first-order valence-electron chi connectivity index (χ1n) is 8.14. The molecule has 0 saturated heterocycles. The van der Waals surface area contributed by atoms with E-state index < -0.39 is 0 Å². The zero-order valence-electron chi connectivity index (χ0n) is 10.6. The maximum atomic E-state index is 2.08. The van der Waals surface area contributed by atoms with Gasteiger partial charge >= 0.3 is 0 Å². The van der Waals surface area contributed by atoms with Crippen LogP contribution in [0.1, 0.15) is 44.9 Å². The van der Waals surface area contributed by atoms with Crippen LogP contribution < -0.4 is 0 Å². The van der Waals surface area contributed by atoms with Gasteiger partial charge in [-0.25, -0.2) is 0 Å². The lowest BCUT2D eigenvalue weighted by atomic mass is 9.65. The first-order chi connectivity index (χ1) is 8.42. The second kappa shape index (κ2) is 2.53. The van der Waals surface area contributed by atoms with Gasteiger partial charge in [0.05, 0.1) is 0 Å². The minimum atomic E-state index is 1.09. The molecular formula is C17H22. The number of hydrogen-bond donors (Lipinski definition) is 0. The SMILES string of the molecule is C1CC2CC1C1=C3CC(C12)C1C2CCC(C2)C31. The molecule has 0 nitrogen and oxygen atoms in total. The zero-order chi connectivity index (χ0) is 10.7. The summed E-state index contributed by atoms with van der Waals surface area (Å²) < 4.78 is 0. The minimum Gasteiger partial charge on any atom is -0.0664 e. The Morgan fingerprint density at radius 3 is 2.59 bits per heavy atom. The molecule has 6 bridgehead atoms. The molecule has 0 amide bonds. The van der Waals surface area contributed by atoms with Gasteiger partial charge in [0, 0.05) is 0 Å². The molecule has 0 aromatic heterocycles. The van der Waals surface area contributed by atoms with E-state index in [0.29, 0.717) is 0 Å². The molecule has 0 aliphatic heterocycles. The molecule has 6 aliphatic carbocycles. The quantitative estimate of drug-likeness (QED) is 0.432. The molecule has 0 heteroatoms. The van der Waals surface area contributed by atoms with Crippen molar-refractivity contribution < 1.29 is 0 Å². The van der Waals surface area contributed by atoms with Crippen LogP contribution in [0.2, 0.25) is 0 Å².